The molecule has 3 fully saturated rings. The summed E-state index contributed by atoms with van der Waals surface area (Å²) >= 11 is 0. The van der Waals surface area contributed by atoms with Gasteiger partial charge < -0.3 is 26.7 Å². The molecule has 5 aliphatic rings. The minimum absolute atomic E-state index is 0.0884. The van der Waals surface area contributed by atoms with Gasteiger partial charge in [0.1, 0.15) is 6.04 Å². The Kier molecular flexibility index (Phi) is 8.56. The van der Waals surface area contributed by atoms with E-state index >= 15 is 0 Å². The molecule has 2 aromatic rings. The number of aliphatic imine (C=N–C) groups is 1. The molecule has 2 saturated heterocycles. The molecular weight excluding hydrogens is 598 g/mol. The van der Waals surface area contributed by atoms with E-state index in [1.165, 1.54) is 11.8 Å². The fraction of sp³-hybridized carbons (Fsp3) is 0.412. The second-order valence-electron chi connectivity index (χ2n) is 12.8. The number of piperazine rings is 1. The SMILES string of the molecule is N=C/C(=C\NC1CC(CNc2ccc3c(c2)C(=O)N(C2CCC(=O)NC2=O)C3=O)C1)C1=Nc2cc(CN3CCNCC3)ccc2NC1. The molecule has 6 N–H and O–H groups in total. The van der Waals surface area contributed by atoms with Crippen molar-refractivity contribution in [1.29, 1.82) is 5.41 Å². The van der Waals surface area contributed by atoms with E-state index < -0.39 is 29.7 Å². The zero-order valence-corrected chi connectivity index (χ0v) is 26.1. The van der Waals surface area contributed by atoms with Gasteiger partial charge in [0, 0.05) is 75.4 Å². The molecule has 244 valence electrons. The molecule has 4 amide bonds. The Labute approximate surface area is 272 Å². The van der Waals surface area contributed by atoms with Crippen molar-refractivity contribution in [3.63, 3.8) is 0 Å². The van der Waals surface area contributed by atoms with Gasteiger partial charge in [-0.05, 0) is 61.1 Å². The summed E-state index contributed by atoms with van der Waals surface area (Å²) < 4.78 is 0. The number of hydrogen-bond donors (Lipinski definition) is 6. The Morgan fingerprint density at radius 2 is 1.83 bits per heavy atom. The Morgan fingerprint density at radius 3 is 2.62 bits per heavy atom. The van der Waals surface area contributed by atoms with Crippen LogP contribution in [0, 0.1) is 11.3 Å². The van der Waals surface area contributed by atoms with Crippen LogP contribution in [-0.2, 0) is 16.1 Å². The average Bonchev–Trinajstić information content (AvgIpc) is 3.30. The smallest absolute Gasteiger partial charge is 0.262 e. The van der Waals surface area contributed by atoms with Gasteiger partial charge >= 0.3 is 0 Å². The molecule has 0 radical (unpaired) electrons. The normalized spacial score (nSPS) is 24.4. The summed E-state index contributed by atoms with van der Waals surface area (Å²) in [4.78, 5) is 58.2. The van der Waals surface area contributed by atoms with Crippen molar-refractivity contribution in [2.24, 2.45) is 10.9 Å². The first-order valence-electron chi connectivity index (χ1n) is 16.3. The van der Waals surface area contributed by atoms with Crippen LogP contribution in [0.4, 0.5) is 17.1 Å². The van der Waals surface area contributed by atoms with Gasteiger partial charge in [0.2, 0.25) is 11.8 Å². The second-order valence-corrected chi connectivity index (χ2v) is 12.8. The van der Waals surface area contributed by atoms with E-state index in [-0.39, 0.29) is 30.0 Å². The third-order valence-electron chi connectivity index (χ3n) is 9.61. The lowest BCUT2D eigenvalue weighted by atomic mass is 9.80. The number of amides is 4. The Balaban J connectivity index is 0.909. The van der Waals surface area contributed by atoms with Crippen LogP contribution in [0.5, 0.6) is 0 Å². The summed E-state index contributed by atoms with van der Waals surface area (Å²) in [6.45, 7) is 6.28. The molecule has 1 aliphatic carbocycles. The monoisotopic (exact) mass is 637 g/mol. The Morgan fingerprint density at radius 1 is 1.02 bits per heavy atom. The lowest BCUT2D eigenvalue weighted by molar-refractivity contribution is -0.136. The van der Waals surface area contributed by atoms with Gasteiger partial charge in [-0.3, -0.25) is 34.3 Å². The van der Waals surface area contributed by atoms with E-state index in [4.69, 9.17) is 10.4 Å². The van der Waals surface area contributed by atoms with Gasteiger partial charge in [0.15, 0.2) is 0 Å². The third-order valence-corrected chi connectivity index (χ3v) is 9.61. The predicted octanol–water partition coefficient (Wildman–Crippen LogP) is 2.00. The van der Waals surface area contributed by atoms with Crippen LogP contribution in [-0.4, -0.2) is 96.7 Å². The van der Waals surface area contributed by atoms with E-state index in [2.05, 4.69) is 49.7 Å². The summed E-state index contributed by atoms with van der Waals surface area (Å²) in [5.41, 5.74) is 6.00. The third kappa shape index (κ3) is 6.41. The maximum atomic E-state index is 13.1. The van der Waals surface area contributed by atoms with Crippen molar-refractivity contribution in [3.8, 4) is 0 Å². The zero-order chi connectivity index (χ0) is 32.5. The number of nitrogens with one attached hydrogen (secondary N) is 6. The second kappa shape index (κ2) is 13.1. The maximum absolute atomic E-state index is 13.1. The van der Waals surface area contributed by atoms with E-state index in [0.29, 0.717) is 19.0 Å². The quantitative estimate of drug-likeness (QED) is 0.168. The molecule has 1 atom stereocenters. The number of imide groups is 2. The molecule has 0 aromatic heterocycles. The minimum Gasteiger partial charge on any atom is -0.388 e. The molecule has 4 aliphatic heterocycles. The minimum atomic E-state index is -0.976. The number of hydrogen-bond acceptors (Lipinski definition) is 11. The summed E-state index contributed by atoms with van der Waals surface area (Å²) in [6.07, 6.45) is 5.36. The van der Waals surface area contributed by atoms with Crippen LogP contribution in [0.2, 0.25) is 0 Å². The lowest BCUT2D eigenvalue weighted by Crippen LogP contribution is -2.54. The number of carbonyl (C=O) groups is 4. The van der Waals surface area contributed by atoms with E-state index in [9.17, 15) is 19.2 Å². The van der Waals surface area contributed by atoms with Gasteiger partial charge in [-0.25, -0.2) is 4.99 Å². The molecule has 7 rings (SSSR count). The van der Waals surface area contributed by atoms with Crippen molar-refractivity contribution in [1.82, 2.24) is 25.8 Å². The van der Waals surface area contributed by atoms with Gasteiger partial charge in [-0.2, -0.15) is 0 Å². The molecule has 0 spiro atoms. The number of benzene rings is 2. The maximum Gasteiger partial charge on any atom is 0.262 e. The highest BCUT2D eigenvalue weighted by Crippen LogP contribution is 2.33. The van der Waals surface area contributed by atoms with Crippen molar-refractivity contribution >= 4 is 52.6 Å². The average molecular weight is 638 g/mol. The molecule has 4 heterocycles. The fourth-order valence-corrected chi connectivity index (χ4v) is 6.87. The van der Waals surface area contributed by atoms with Gasteiger partial charge in [0.05, 0.1) is 34.8 Å². The molecule has 1 unspecified atom stereocenters. The summed E-state index contributed by atoms with van der Waals surface area (Å²) in [6, 6.07) is 10.8. The van der Waals surface area contributed by atoms with Crippen LogP contribution in [0.25, 0.3) is 0 Å². The number of rotatable bonds is 10. The first-order chi connectivity index (χ1) is 22.9. The van der Waals surface area contributed by atoms with E-state index in [1.54, 1.807) is 18.2 Å². The number of carbonyl (C=O) groups excluding carboxylic acids is 4. The number of fused-ring (bicyclic) bond motifs is 2. The highest BCUT2D eigenvalue weighted by Gasteiger charge is 2.44. The largest absolute Gasteiger partial charge is 0.388 e. The Hall–Kier alpha value is -4.88. The summed E-state index contributed by atoms with van der Waals surface area (Å²) in [5, 5.41) is 24.0. The standard InChI is InChI=1S/C34H39N9O4/c35-15-22(29-18-39-27-4-1-20(13-28(27)40-29)19-42-9-7-36-8-10-42)17-38-24-11-21(12-24)16-37-23-2-3-25-26(14-23)34(47)43(33(25)46)30-5-6-31(44)41-32(30)45/h1-4,13-15,17,21,24,30,35-39H,5-12,16,18-19H2,(H,41,44,45)/b22-17+,35-15?. The topological polar surface area (TPSA) is 171 Å². The van der Waals surface area contributed by atoms with Crippen LogP contribution < -0.4 is 26.6 Å². The molecule has 2 aromatic carbocycles. The summed E-state index contributed by atoms with van der Waals surface area (Å²) in [7, 11) is 0. The highest BCUT2D eigenvalue weighted by molar-refractivity contribution is 6.23. The van der Waals surface area contributed by atoms with E-state index in [0.717, 1.165) is 78.8 Å². The predicted molar refractivity (Wildman–Crippen MR) is 178 cm³/mol. The lowest BCUT2D eigenvalue weighted by Gasteiger charge is -2.36. The Bertz CT molecular complexity index is 1690. The van der Waals surface area contributed by atoms with Crippen LogP contribution in [0.15, 0.2) is 53.2 Å². The molecule has 1 saturated carbocycles. The molecule has 13 nitrogen and oxygen atoms in total. The van der Waals surface area contributed by atoms with Gasteiger partial charge in [0.25, 0.3) is 11.8 Å². The van der Waals surface area contributed by atoms with Gasteiger partial charge in [-0.15, -0.1) is 0 Å². The number of piperidine rings is 1. The van der Waals surface area contributed by atoms with Crippen molar-refractivity contribution < 1.29 is 19.2 Å². The van der Waals surface area contributed by atoms with Crippen LogP contribution in [0.1, 0.15) is 52.0 Å². The molecule has 47 heavy (non-hydrogen) atoms. The van der Waals surface area contributed by atoms with E-state index in [1.807, 2.05) is 6.20 Å². The van der Waals surface area contributed by atoms with Crippen LogP contribution >= 0.6 is 0 Å². The molecule has 13 heteroatoms. The van der Waals surface area contributed by atoms with Crippen molar-refractivity contribution in [3.05, 3.63) is 64.9 Å². The zero-order valence-electron chi connectivity index (χ0n) is 26.1. The number of nitrogens with zero attached hydrogens (tertiary/aromatic N) is 3. The molecular formula is C34H39N9O4. The van der Waals surface area contributed by atoms with Crippen LogP contribution in [0.3, 0.4) is 0 Å². The van der Waals surface area contributed by atoms with Crippen molar-refractivity contribution in [2.75, 3.05) is 49.9 Å². The highest BCUT2D eigenvalue weighted by atomic mass is 16.2. The first kappa shape index (κ1) is 30.8. The molecule has 0 bridgehead atoms. The number of anilines is 2. The fourth-order valence-electron chi connectivity index (χ4n) is 6.87. The van der Waals surface area contributed by atoms with Gasteiger partial charge in [-0.1, -0.05) is 6.07 Å². The first-order valence-corrected chi connectivity index (χ1v) is 16.3. The van der Waals surface area contributed by atoms with Crippen molar-refractivity contribution in [2.45, 2.75) is 44.3 Å². The summed E-state index contributed by atoms with van der Waals surface area (Å²) in [5.74, 6) is -1.61.